The second-order valence-electron chi connectivity index (χ2n) is 6.51. The maximum absolute atomic E-state index is 12.8. The van der Waals surface area contributed by atoms with E-state index in [2.05, 4.69) is 10.5 Å². The molecule has 2 rings (SSSR count). The number of rotatable bonds is 7. The fourth-order valence-corrected chi connectivity index (χ4v) is 4.04. The predicted molar refractivity (Wildman–Crippen MR) is 97.5 cm³/mol. The van der Waals surface area contributed by atoms with Crippen LogP contribution >= 0.6 is 0 Å². The minimum Gasteiger partial charge on any atom is -0.392 e. The van der Waals surface area contributed by atoms with Gasteiger partial charge in [-0.1, -0.05) is 11.2 Å². The first-order chi connectivity index (χ1) is 13.5. The fraction of sp³-hybridized carbons (Fsp3) is 0.529. The minimum absolute atomic E-state index is 0.0367. The number of alkyl halides is 3. The summed E-state index contributed by atoms with van der Waals surface area (Å²) in [4.78, 5) is 16.0. The maximum atomic E-state index is 12.8. The molecule has 1 fully saturated rings. The van der Waals surface area contributed by atoms with E-state index in [9.17, 15) is 26.4 Å². The van der Waals surface area contributed by atoms with E-state index in [0.717, 1.165) is 22.5 Å². The zero-order valence-electron chi connectivity index (χ0n) is 15.6. The van der Waals surface area contributed by atoms with E-state index in [1.807, 2.05) is 0 Å². The molecule has 0 saturated carbocycles. The van der Waals surface area contributed by atoms with E-state index in [1.54, 1.807) is 0 Å². The van der Waals surface area contributed by atoms with Crippen LogP contribution in [0.15, 0.2) is 34.3 Å². The number of nitrogens with zero attached hydrogens (tertiary/aromatic N) is 2. The Labute approximate surface area is 166 Å². The Morgan fingerprint density at radius 2 is 2.00 bits per heavy atom. The number of nitrogens with one attached hydrogen (secondary N) is 1. The van der Waals surface area contributed by atoms with Crippen LogP contribution < -0.4 is 5.32 Å². The molecule has 162 valence electrons. The zero-order valence-corrected chi connectivity index (χ0v) is 16.5. The number of carbonyl (C=O) groups excluding carboxylic acids is 1. The van der Waals surface area contributed by atoms with E-state index < -0.39 is 38.7 Å². The van der Waals surface area contributed by atoms with Crippen LogP contribution in [0.25, 0.3) is 0 Å². The lowest BCUT2D eigenvalue weighted by molar-refractivity contribution is -0.137. The summed E-state index contributed by atoms with van der Waals surface area (Å²) >= 11 is 0. The molecule has 0 bridgehead atoms. The van der Waals surface area contributed by atoms with Gasteiger partial charge in [-0.3, -0.25) is 4.79 Å². The smallest absolute Gasteiger partial charge is 0.392 e. The molecule has 1 aliphatic rings. The molecule has 1 heterocycles. The van der Waals surface area contributed by atoms with Crippen LogP contribution in [0, 0.1) is 0 Å². The first-order valence-electron chi connectivity index (χ1n) is 8.80. The molecule has 8 nitrogen and oxygen atoms in total. The first-order valence-corrected chi connectivity index (χ1v) is 10.2. The lowest BCUT2D eigenvalue weighted by Gasteiger charge is -2.26. The van der Waals surface area contributed by atoms with Crippen LogP contribution in [0.2, 0.25) is 0 Å². The summed E-state index contributed by atoms with van der Waals surface area (Å²) in [6.07, 6.45) is -4.86. The highest BCUT2D eigenvalue weighted by Gasteiger charge is 2.33. The van der Waals surface area contributed by atoms with E-state index >= 15 is 0 Å². The second kappa shape index (κ2) is 9.55. The van der Waals surface area contributed by atoms with Crippen molar-refractivity contribution in [3.63, 3.8) is 0 Å². The number of carbonyl (C=O) groups is 1. The number of amides is 1. The summed E-state index contributed by atoms with van der Waals surface area (Å²) < 4.78 is 64.8. The van der Waals surface area contributed by atoms with Gasteiger partial charge in [0.1, 0.15) is 0 Å². The molecular formula is C17H22F3N3O5S. The van der Waals surface area contributed by atoms with Gasteiger partial charge in [-0.25, -0.2) is 8.42 Å². The standard InChI is InChI=1S/C17H22F3N3O5S/c1-12(24)10-21-16(25)11-28-22-14-5-7-23(8-6-14)29(26,27)15-4-2-3-13(9-15)17(18,19)20/h2-4,9,12,24H,5-8,10-11H2,1H3,(H,21,25). The number of hydrogen-bond donors (Lipinski definition) is 2. The maximum Gasteiger partial charge on any atom is 0.416 e. The Kier molecular flexibility index (Phi) is 7.60. The molecule has 0 radical (unpaired) electrons. The van der Waals surface area contributed by atoms with Gasteiger partial charge in [-0.05, 0) is 25.1 Å². The third-order valence-corrected chi connectivity index (χ3v) is 5.98. The Balaban J connectivity index is 1.92. The molecule has 0 aromatic heterocycles. The molecule has 29 heavy (non-hydrogen) atoms. The average Bonchev–Trinajstić information content (AvgIpc) is 2.66. The highest BCUT2D eigenvalue weighted by Crippen LogP contribution is 2.31. The van der Waals surface area contributed by atoms with E-state index in [-0.39, 0.29) is 39.1 Å². The molecule has 0 spiro atoms. The first kappa shape index (κ1) is 23.1. The number of benzene rings is 1. The topological polar surface area (TPSA) is 108 Å². The van der Waals surface area contributed by atoms with Crippen molar-refractivity contribution in [2.24, 2.45) is 5.16 Å². The number of hydrogen-bond acceptors (Lipinski definition) is 6. The van der Waals surface area contributed by atoms with Crippen LogP contribution in [-0.2, 0) is 25.8 Å². The quantitative estimate of drug-likeness (QED) is 0.627. The molecular weight excluding hydrogens is 415 g/mol. The number of aliphatic hydroxyl groups is 1. The largest absolute Gasteiger partial charge is 0.416 e. The van der Waals surface area contributed by atoms with Crippen molar-refractivity contribution in [2.75, 3.05) is 26.2 Å². The molecule has 1 aromatic rings. The molecule has 1 amide bonds. The van der Waals surface area contributed by atoms with Gasteiger partial charge in [0, 0.05) is 32.5 Å². The van der Waals surface area contributed by atoms with Gasteiger partial charge in [-0.15, -0.1) is 0 Å². The van der Waals surface area contributed by atoms with Crippen molar-refractivity contribution in [3.05, 3.63) is 29.8 Å². The summed E-state index contributed by atoms with van der Waals surface area (Å²) in [7, 11) is -4.07. The van der Waals surface area contributed by atoms with Crippen LogP contribution in [0.3, 0.4) is 0 Å². The fourth-order valence-electron chi connectivity index (χ4n) is 2.55. The van der Waals surface area contributed by atoms with Crippen LogP contribution in [-0.4, -0.2) is 61.8 Å². The Morgan fingerprint density at radius 3 is 2.59 bits per heavy atom. The van der Waals surface area contributed by atoms with Crippen molar-refractivity contribution < 1.29 is 36.3 Å². The van der Waals surface area contributed by atoms with Crippen molar-refractivity contribution in [1.82, 2.24) is 9.62 Å². The zero-order chi connectivity index (χ0) is 21.7. The number of sulfonamides is 1. The van der Waals surface area contributed by atoms with E-state index in [0.29, 0.717) is 11.8 Å². The third kappa shape index (κ3) is 6.68. The van der Waals surface area contributed by atoms with Gasteiger partial charge in [0.2, 0.25) is 10.0 Å². The molecule has 1 saturated heterocycles. The van der Waals surface area contributed by atoms with Crippen LogP contribution in [0.4, 0.5) is 13.2 Å². The third-order valence-electron chi connectivity index (χ3n) is 4.08. The summed E-state index contributed by atoms with van der Waals surface area (Å²) in [5.74, 6) is -0.459. The summed E-state index contributed by atoms with van der Waals surface area (Å²) in [5, 5.41) is 15.3. The SMILES string of the molecule is CC(O)CNC(=O)CON=C1CCN(S(=O)(=O)c2cccc(C(F)(F)F)c2)CC1. The molecule has 12 heteroatoms. The monoisotopic (exact) mass is 437 g/mol. The van der Waals surface area contributed by atoms with Gasteiger partial charge < -0.3 is 15.3 Å². The number of piperidine rings is 1. The number of oxime groups is 1. The molecule has 1 aromatic carbocycles. The Morgan fingerprint density at radius 1 is 1.34 bits per heavy atom. The molecule has 1 atom stereocenters. The van der Waals surface area contributed by atoms with Crippen molar-refractivity contribution in [3.8, 4) is 0 Å². The average molecular weight is 437 g/mol. The van der Waals surface area contributed by atoms with Crippen LogP contribution in [0.5, 0.6) is 0 Å². The molecule has 0 aliphatic carbocycles. The van der Waals surface area contributed by atoms with E-state index in [4.69, 9.17) is 9.94 Å². The van der Waals surface area contributed by atoms with Crippen LogP contribution in [0.1, 0.15) is 25.3 Å². The van der Waals surface area contributed by atoms with Crippen molar-refractivity contribution in [1.29, 1.82) is 0 Å². The highest BCUT2D eigenvalue weighted by atomic mass is 32.2. The Hall–Kier alpha value is -2.18. The van der Waals surface area contributed by atoms with Gasteiger partial charge in [0.25, 0.3) is 5.91 Å². The summed E-state index contributed by atoms with van der Waals surface area (Å²) in [6.45, 7) is 1.33. The lowest BCUT2D eigenvalue weighted by atomic mass is 10.1. The lowest BCUT2D eigenvalue weighted by Crippen LogP contribution is -2.39. The highest BCUT2D eigenvalue weighted by molar-refractivity contribution is 7.89. The van der Waals surface area contributed by atoms with Gasteiger partial charge in [-0.2, -0.15) is 17.5 Å². The van der Waals surface area contributed by atoms with Gasteiger partial charge in [0.15, 0.2) is 6.61 Å². The number of halogens is 3. The second-order valence-corrected chi connectivity index (χ2v) is 8.45. The molecule has 1 unspecified atom stereocenters. The van der Waals surface area contributed by atoms with Crippen molar-refractivity contribution >= 4 is 21.6 Å². The minimum atomic E-state index is -4.63. The summed E-state index contributed by atoms with van der Waals surface area (Å²) in [6, 6.07) is 3.62. The number of aliphatic hydroxyl groups excluding tert-OH is 1. The van der Waals surface area contributed by atoms with Gasteiger partial charge >= 0.3 is 6.18 Å². The predicted octanol–water partition coefficient (Wildman–Crippen LogP) is 1.36. The van der Waals surface area contributed by atoms with Crippen molar-refractivity contribution in [2.45, 2.75) is 36.9 Å². The normalized spacial score (nSPS) is 16.9. The molecule has 2 N–H and O–H groups in total. The van der Waals surface area contributed by atoms with Gasteiger partial charge in [0.05, 0.1) is 22.3 Å². The Bertz CT molecular complexity index is 846. The molecule has 1 aliphatic heterocycles. The van der Waals surface area contributed by atoms with E-state index in [1.165, 1.54) is 6.92 Å². The summed E-state index contributed by atoms with van der Waals surface area (Å²) in [5.41, 5.74) is -0.482.